The molecule has 7 aromatic rings. The topological polar surface area (TPSA) is 195 Å². The van der Waals surface area contributed by atoms with E-state index < -0.39 is 5.20 Å². The monoisotopic (exact) mass is 1230 g/mol. The summed E-state index contributed by atoms with van der Waals surface area (Å²) in [5.41, 5.74) is 21.1. The molecule has 53 heavy (non-hydrogen) atoms. The molecule has 0 saturated heterocycles. The van der Waals surface area contributed by atoms with Gasteiger partial charge in [-0.25, -0.2) is 9.59 Å². The number of nitrogens with zero attached hydrogens (tertiary/aromatic N) is 1. The maximum Gasteiger partial charge on any atom is 0.339 e. The third-order valence-corrected chi connectivity index (χ3v) is 6.05. The predicted octanol–water partition coefficient (Wildman–Crippen LogP) is 9.07. The Hall–Kier alpha value is 1.03. The third kappa shape index (κ3) is 23.3. The van der Waals surface area contributed by atoms with Crippen molar-refractivity contribution in [3.63, 3.8) is 0 Å². The number of fused-ring (bicyclic) bond motifs is 3. The normalized spacial score (nSPS) is 9.72. The molecule has 9 N–H and O–H groups in total. The van der Waals surface area contributed by atoms with E-state index in [1.807, 2.05) is 74.6 Å². The average molecular weight is 1230 g/mol. The number of aryl methyl sites for hydroxylation is 4. The fourth-order valence-corrected chi connectivity index (χ4v) is 4.02. The van der Waals surface area contributed by atoms with E-state index in [0.29, 0.717) is 21.6 Å². The molecule has 21 heteroatoms. The van der Waals surface area contributed by atoms with Crippen molar-refractivity contribution in [3.05, 3.63) is 121 Å². The van der Waals surface area contributed by atoms with Gasteiger partial charge in [-0.15, -0.1) is 30.3 Å². The van der Waals surface area contributed by atoms with Gasteiger partial charge >= 0.3 is 16.6 Å². The third-order valence-electron chi connectivity index (χ3n) is 5.87. The second-order valence-electron chi connectivity index (χ2n) is 9.91. The van der Waals surface area contributed by atoms with Gasteiger partial charge in [0.05, 0.1) is 0 Å². The van der Waals surface area contributed by atoms with Crippen molar-refractivity contribution in [2.45, 2.75) is 27.7 Å². The first-order chi connectivity index (χ1) is 23.4. The van der Waals surface area contributed by atoms with E-state index in [1.54, 1.807) is 24.3 Å². The molecule has 0 saturated carbocycles. The van der Waals surface area contributed by atoms with Crippen LogP contribution in [0, 0.1) is 52.0 Å². The Labute approximate surface area is 442 Å². The smallest absolute Gasteiger partial charge is 0.339 e. The summed E-state index contributed by atoms with van der Waals surface area (Å²) in [7, 11) is 0. The Morgan fingerprint density at radius 2 is 0.981 bits per heavy atom. The van der Waals surface area contributed by atoms with E-state index >= 15 is 0 Å². The van der Waals surface area contributed by atoms with Crippen molar-refractivity contribution in [1.29, 1.82) is 0 Å². The summed E-state index contributed by atoms with van der Waals surface area (Å²) in [6.07, 6.45) is 0. The quantitative estimate of drug-likeness (QED) is 0.0260. The van der Waals surface area contributed by atoms with Gasteiger partial charge in [0.1, 0.15) is 0 Å². The molecule has 0 spiro atoms. The van der Waals surface area contributed by atoms with Crippen LogP contribution in [0.25, 0.3) is 33.1 Å². The van der Waals surface area contributed by atoms with Crippen molar-refractivity contribution in [1.82, 2.24) is 29.9 Å². The minimum atomic E-state index is -3.22. The fourth-order valence-electron chi connectivity index (χ4n) is 3.83. The van der Waals surface area contributed by atoms with Gasteiger partial charge < -0.3 is 36.4 Å². The number of hydrogen-bond donors (Lipinski definition) is 7. The van der Waals surface area contributed by atoms with Crippen LogP contribution in [0.5, 0.6) is 0 Å². The van der Waals surface area contributed by atoms with Gasteiger partial charge in [0, 0.05) is 132 Å². The first-order valence-electron chi connectivity index (χ1n) is 14.4. The minimum Gasteiger partial charge on any atom is -0.448 e. The van der Waals surface area contributed by atoms with Crippen LogP contribution < -0.4 is 22.8 Å². The van der Waals surface area contributed by atoms with E-state index in [2.05, 4.69) is 87.9 Å². The largest absolute Gasteiger partial charge is 0.448 e. The molecule has 3 heterocycles. The summed E-state index contributed by atoms with van der Waals surface area (Å²) in [5.74, 6) is 0. The number of aromatic nitrogens is 6. The van der Waals surface area contributed by atoms with Crippen molar-refractivity contribution in [2.75, 3.05) is 16.4 Å². The maximum atomic E-state index is 10.8. The zero-order valence-electron chi connectivity index (χ0n) is 29.8. The van der Waals surface area contributed by atoms with Crippen LogP contribution in [0.4, 0.5) is 11.4 Å². The van der Waals surface area contributed by atoms with Crippen LogP contribution in [0.2, 0.25) is 5.28 Å². The number of imidazole rings is 3. The summed E-state index contributed by atoms with van der Waals surface area (Å²) < 4.78 is 15.7. The van der Waals surface area contributed by atoms with Gasteiger partial charge in [-0.05, 0) is 83.3 Å². The van der Waals surface area contributed by atoms with Crippen LogP contribution in [-0.4, -0.2) is 34.8 Å². The molecular formula is C32H32Cl4IN8O3PY4-4. The minimum absolute atomic E-state index is 0. The Morgan fingerprint density at radius 3 is 1.38 bits per heavy atom. The van der Waals surface area contributed by atoms with Gasteiger partial charge in [-0.1, -0.05) is 61.7 Å². The van der Waals surface area contributed by atoms with E-state index in [9.17, 15) is 14.2 Å². The Kier molecular flexibility index (Phi) is 31.0. The predicted molar refractivity (Wildman–Crippen MR) is 214 cm³/mol. The number of anilines is 2. The molecule has 0 unspecified atom stereocenters. The van der Waals surface area contributed by atoms with Gasteiger partial charge in [-0.3, -0.25) is 9.55 Å². The Bertz CT molecular complexity index is 2230. The van der Waals surface area contributed by atoms with Gasteiger partial charge in [0.2, 0.25) is 0 Å². The SMILES string of the molecule is Cc1[c-]cc(N)c(N)c1.Cc1[c-]cc2[nH]c(=O)[nH]c2c1.Cc1[c-]cc2[nH]c(=O)[nH]c2c1.Cc1[c-]cc2nc(Cl)[nH]c2c1.O=P(Cl)(Cl)Cl.[2H]CI.[Y].[Y].[Y].[Y]. The summed E-state index contributed by atoms with van der Waals surface area (Å²) in [4.78, 5) is 39.6. The molecule has 274 valence electrons. The van der Waals surface area contributed by atoms with Crippen LogP contribution in [-0.2, 0) is 135 Å². The summed E-state index contributed by atoms with van der Waals surface area (Å²) in [6, 6.07) is 26.6. The standard InChI is InChI=1S/C8H6ClN2.2C8H7N2O.C7H9N2.CH3I.Cl3OP.4Y/c1-5-2-3-6-7(4-5)11-8(9)10-6;2*1-5-2-3-6-7(4-5)10-8(11)9-6;1-5-2-3-6(8)7(9)4-5;1-2;1-5(2,3)4;;;;/h3-4H,1H3,(H,10,11);2*3-4H,1H3,(H2,9,10,11);3-4H,8-9H2,1H3;1H3;;;;;/q4*-1;;;;;;/i;;;;1D;;;;;. The van der Waals surface area contributed by atoms with Crippen molar-refractivity contribution in [2.24, 2.45) is 0 Å². The molecule has 7 rings (SSSR count). The molecule has 4 aromatic carbocycles. The second-order valence-corrected chi connectivity index (χ2v) is 16.9. The van der Waals surface area contributed by atoms with Crippen LogP contribution >= 0.6 is 73.1 Å². The van der Waals surface area contributed by atoms with Crippen molar-refractivity contribution < 1.29 is 137 Å². The van der Waals surface area contributed by atoms with Crippen LogP contribution in [0.3, 0.4) is 0 Å². The number of rotatable bonds is 0. The first-order valence-corrected chi connectivity index (χ1v) is 20.0. The van der Waals surface area contributed by atoms with Crippen LogP contribution in [0.15, 0.2) is 58.1 Å². The maximum absolute atomic E-state index is 10.8. The number of halogens is 5. The molecule has 3 aromatic heterocycles. The number of nitrogens with two attached hydrogens (primary N) is 2. The average Bonchev–Trinajstić information content (AvgIpc) is 3.68. The Balaban J connectivity index is -0.000000591. The molecule has 0 fully saturated rings. The summed E-state index contributed by atoms with van der Waals surface area (Å²) in [5, 5.41) is -2.79. The van der Waals surface area contributed by atoms with E-state index in [-0.39, 0.29) is 142 Å². The van der Waals surface area contributed by atoms with Crippen LogP contribution in [0.1, 0.15) is 23.6 Å². The fraction of sp³-hybridized carbons (Fsp3) is 0.156. The zero-order valence-corrected chi connectivity index (χ0v) is 46.2. The number of benzene rings is 4. The van der Waals surface area contributed by atoms with E-state index in [1.165, 1.54) is 0 Å². The number of hydrogen-bond acceptors (Lipinski definition) is 6. The van der Waals surface area contributed by atoms with Crippen molar-refractivity contribution in [3.8, 4) is 0 Å². The molecule has 0 aliphatic rings. The number of H-pyrrole nitrogens is 5. The van der Waals surface area contributed by atoms with Gasteiger partial charge in [-0.2, -0.15) is 64.7 Å². The summed E-state index contributed by atoms with van der Waals surface area (Å²) in [6.45, 7) is 7.78. The molecule has 0 aliphatic heterocycles. The van der Waals surface area contributed by atoms with Crippen molar-refractivity contribution >= 4 is 118 Å². The number of alkyl halides is 1. The summed E-state index contributed by atoms with van der Waals surface area (Å²) >= 11 is 21.5. The molecule has 4 radical (unpaired) electrons. The Morgan fingerprint density at radius 1 is 0.642 bits per heavy atom. The molecule has 0 bridgehead atoms. The first kappa shape index (κ1) is 56.1. The van der Waals surface area contributed by atoms with E-state index in [0.717, 1.165) is 55.4 Å². The molecule has 0 amide bonds. The second kappa shape index (κ2) is 29.3. The molecule has 11 nitrogen and oxygen atoms in total. The van der Waals surface area contributed by atoms with E-state index in [4.69, 9.17) is 24.4 Å². The molecule has 0 atom stereocenters. The zero-order chi connectivity index (χ0) is 37.6. The van der Waals surface area contributed by atoms with Gasteiger partial charge in [0.15, 0.2) is 5.28 Å². The molecular weight excluding hydrogens is 1200 g/mol. The number of nitrogen functional groups attached to an aromatic ring is 2. The number of nitrogens with one attached hydrogen (secondary N) is 5. The molecule has 0 aliphatic carbocycles. The number of aromatic amines is 5. The van der Waals surface area contributed by atoms with Gasteiger partial charge in [0.25, 0.3) is 0 Å².